The van der Waals surface area contributed by atoms with Gasteiger partial charge in [-0.05, 0) is 42.8 Å². The van der Waals surface area contributed by atoms with Gasteiger partial charge in [0.15, 0.2) is 0 Å². The summed E-state index contributed by atoms with van der Waals surface area (Å²) in [5.74, 6) is -0.287. The number of carbonyl (C=O) groups excluding carboxylic acids is 1. The van der Waals surface area contributed by atoms with Gasteiger partial charge in [-0.2, -0.15) is 0 Å². The molecule has 0 aliphatic carbocycles. The molecule has 0 aliphatic rings. The zero-order valence-corrected chi connectivity index (χ0v) is 13.0. The van der Waals surface area contributed by atoms with Crippen LogP contribution in [0.2, 0.25) is 5.02 Å². The fraction of sp³-hybridized carbons (Fsp3) is 0.167. The van der Waals surface area contributed by atoms with E-state index in [2.05, 4.69) is 4.98 Å². The van der Waals surface area contributed by atoms with Crippen molar-refractivity contribution in [3.8, 4) is 0 Å². The second-order valence-corrected chi connectivity index (χ2v) is 5.52. The molecule has 4 heteroatoms. The monoisotopic (exact) mass is 313 g/mol. The van der Waals surface area contributed by atoms with Crippen LogP contribution in [0.3, 0.4) is 0 Å². The van der Waals surface area contributed by atoms with Gasteiger partial charge in [0.05, 0.1) is 12.2 Å². The summed E-state index contributed by atoms with van der Waals surface area (Å²) >= 11 is 5.91. The zero-order valence-electron chi connectivity index (χ0n) is 12.2. The fourth-order valence-electron chi connectivity index (χ4n) is 2.52. The lowest BCUT2D eigenvalue weighted by Gasteiger charge is -2.02. The van der Waals surface area contributed by atoms with E-state index < -0.39 is 0 Å². The van der Waals surface area contributed by atoms with Gasteiger partial charge in [0, 0.05) is 28.0 Å². The third-order valence-corrected chi connectivity index (χ3v) is 3.78. The Balaban J connectivity index is 1.94. The first-order chi connectivity index (χ1) is 10.7. The van der Waals surface area contributed by atoms with E-state index in [0.29, 0.717) is 12.2 Å². The van der Waals surface area contributed by atoms with Crippen LogP contribution in [0, 0.1) is 0 Å². The standard InChI is InChI=1S/C18H16ClNO2/c1-2-22-18(21)15-4-3-5-17-16(15)11-14(20-17)10-12-6-8-13(19)9-7-12/h3-9,11,20H,2,10H2,1H3. The average Bonchev–Trinajstić information content (AvgIpc) is 2.92. The van der Waals surface area contributed by atoms with Gasteiger partial charge < -0.3 is 9.72 Å². The molecule has 0 spiro atoms. The molecule has 0 saturated carbocycles. The molecule has 1 N–H and O–H groups in total. The van der Waals surface area contributed by atoms with Crippen molar-refractivity contribution in [3.05, 3.63) is 70.4 Å². The van der Waals surface area contributed by atoms with Gasteiger partial charge in [-0.25, -0.2) is 4.79 Å². The maximum absolute atomic E-state index is 12.0. The quantitative estimate of drug-likeness (QED) is 0.716. The second kappa shape index (κ2) is 6.24. The summed E-state index contributed by atoms with van der Waals surface area (Å²) in [6.07, 6.45) is 0.758. The van der Waals surface area contributed by atoms with Crippen LogP contribution in [-0.2, 0) is 11.2 Å². The van der Waals surface area contributed by atoms with E-state index in [-0.39, 0.29) is 5.97 Å². The van der Waals surface area contributed by atoms with Crippen molar-refractivity contribution in [1.82, 2.24) is 4.98 Å². The summed E-state index contributed by atoms with van der Waals surface area (Å²) in [6.45, 7) is 2.18. The Bertz CT molecular complexity index is 806. The van der Waals surface area contributed by atoms with E-state index in [9.17, 15) is 4.79 Å². The number of hydrogen-bond acceptors (Lipinski definition) is 2. The molecular weight excluding hydrogens is 298 g/mol. The second-order valence-electron chi connectivity index (χ2n) is 5.09. The summed E-state index contributed by atoms with van der Waals surface area (Å²) in [5.41, 5.74) is 3.75. The van der Waals surface area contributed by atoms with E-state index >= 15 is 0 Å². The van der Waals surface area contributed by atoms with Crippen molar-refractivity contribution >= 4 is 28.5 Å². The Hall–Kier alpha value is -2.26. The van der Waals surface area contributed by atoms with Crippen LogP contribution >= 0.6 is 11.6 Å². The molecule has 0 radical (unpaired) electrons. The molecule has 3 nitrogen and oxygen atoms in total. The molecule has 0 saturated heterocycles. The Labute approximate surface area is 133 Å². The number of hydrogen-bond donors (Lipinski definition) is 1. The predicted octanol–water partition coefficient (Wildman–Crippen LogP) is 4.59. The first-order valence-corrected chi connectivity index (χ1v) is 7.57. The van der Waals surface area contributed by atoms with Crippen LogP contribution in [0.5, 0.6) is 0 Å². The third-order valence-electron chi connectivity index (χ3n) is 3.52. The van der Waals surface area contributed by atoms with Crippen LogP contribution in [0.15, 0.2) is 48.5 Å². The lowest BCUT2D eigenvalue weighted by molar-refractivity contribution is 0.0528. The van der Waals surface area contributed by atoms with Gasteiger partial charge in [-0.3, -0.25) is 0 Å². The van der Waals surface area contributed by atoms with E-state index in [0.717, 1.165) is 33.6 Å². The van der Waals surface area contributed by atoms with Crippen LogP contribution in [0.1, 0.15) is 28.5 Å². The number of nitrogens with one attached hydrogen (secondary N) is 1. The van der Waals surface area contributed by atoms with Crippen LogP contribution < -0.4 is 0 Å². The van der Waals surface area contributed by atoms with Crippen LogP contribution in [-0.4, -0.2) is 17.6 Å². The highest BCUT2D eigenvalue weighted by atomic mass is 35.5. The Morgan fingerprint density at radius 3 is 2.68 bits per heavy atom. The summed E-state index contributed by atoms with van der Waals surface area (Å²) in [7, 11) is 0. The van der Waals surface area contributed by atoms with Gasteiger partial charge in [0.2, 0.25) is 0 Å². The van der Waals surface area contributed by atoms with Crippen molar-refractivity contribution in [2.24, 2.45) is 0 Å². The third kappa shape index (κ3) is 3.00. The largest absolute Gasteiger partial charge is 0.462 e. The molecule has 1 aromatic heterocycles. The highest BCUT2D eigenvalue weighted by Crippen LogP contribution is 2.23. The zero-order chi connectivity index (χ0) is 15.5. The molecule has 0 aliphatic heterocycles. The summed E-state index contributed by atoms with van der Waals surface area (Å²) in [6, 6.07) is 15.4. The minimum atomic E-state index is -0.287. The predicted molar refractivity (Wildman–Crippen MR) is 88.5 cm³/mol. The molecule has 3 aromatic rings. The van der Waals surface area contributed by atoms with Gasteiger partial charge >= 0.3 is 5.97 Å². The minimum Gasteiger partial charge on any atom is -0.462 e. The maximum Gasteiger partial charge on any atom is 0.338 e. The SMILES string of the molecule is CCOC(=O)c1cccc2[nH]c(Cc3ccc(Cl)cc3)cc12. The van der Waals surface area contributed by atoms with Gasteiger partial charge in [0.1, 0.15) is 0 Å². The first-order valence-electron chi connectivity index (χ1n) is 7.19. The summed E-state index contributed by atoms with van der Waals surface area (Å²) < 4.78 is 5.11. The molecule has 0 bridgehead atoms. The lowest BCUT2D eigenvalue weighted by atomic mass is 10.1. The summed E-state index contributed by atoms with van der Waals surface area (Å²) in [5, 5.41) is 1.62. The van der Waals surface area contributed by atoms with Crippen molar-refractivity contribution in [3.63, 3.8) is 0 Å². The fourth-order valence-corrected chi connectivity index (χ4v) is 2.64. The number of benzene rings is 2. The van der Waals surface area contributed by atoms with E-state index in [4.69, 9.17) is 16.3 Å². The van der Waals surface area contributed by atoms with Crippen molar-refractivity contribution in [1.29, 1.82) is 0 Å². The number of rotatable bonds is 4. The van der Waals surface area contributed by atoms with Crippen LogP contribution in [0.25, 0.3) is 10.9 Å². The molecular formula is C18H16ClNO2. The number of aromatic nitrogens is 1. The maximum atomic E-state index is 12.0. The molecule has 1 heterocycles. The lowest BCUT2D eigenvalue weighted by Crippen LogP contribution is -2.04. The number of carbonyl (C=O) groups is 1. The smallest absolute Gasteiger partial charge is 0.338 e. The Morgan fingerprint density at radius 1 is 1.18 bits per heavy atom. The number of fused-ring (bicyclic) bond motifs is 1. The molecule has 0 fully saturated rings. The van der Waals surface area contributed by atoms with Gasteiger partial charge in [0.25, 0.3) is 0 Å². The molecule has 112 valence electrons. The van der Waals surface area contributed by atoms with Gasteiger partial charge in [-0.15, -0.1) is 0 Å². The summed E-state index contributed by atoms with van der Waals surface area (Å²) in [4.78, 5) is 15.4. The number of aromatic amines is 1. The number of esters is 1. The molecule has 0 atom stereocenters. The van der Waals surface area contributed by atoms with Crippen molar-refractivity contribution in [2.45, 2.75) is 13.3 Å². The van der Waals surface area contributed by atoms with E-state index in [1.54, 1.807) is 13.0 Å². The number of ether oxygens (including phenoxy) is 1. The molecule has 0 unspecified atom stereocenters. The van der Waals surface area contributed by atoms with Crippen LogP contribution in [0.4, 0.5) is 0 Å². The van der Waals surface area contributed by atoms with E-state index in [1.807, 2.05) is 42.5 Å². The Kier molecular flexibility index (Phi) is 4.16. The molecule has 2 aromatic carbocycles. The van der Waals surface area contributed by atoms with Crippen molar-refractivity contribution < 1.29 is 9.53 Å². The van der Waals surface area contributed by atoms with Gasteiger partial charge in [-0.1, -0.05) is 29.8 Å². The molecule has 22 heavy (non-hydrogen) atoms. The highest BCUT2D eigenvalue weighted by molar-refractivity contribution is 6.30. The first kappa shape index (κ1) is 14.7. The average molecular weight is 314 g/mol. The molecule has 3 rings (SSSR count). The topological polar surface area (TPSA) is 42.1 Å². The number of H-pyrrole nitrogens is 1. The highest BCUT2D eigenvalue weighted by Gasteiger charge is 2.13. The normalized spacial score (nSPS) is 10.8. The Morgan fingerprint density at radius 2 is 1.95 bits per heavy atom. The minimum absolute atomic E-state index is 0.287. The molecule has 0 amide bonds. The van der Waals surface area contributed by atoms with Crippen molar-refractivity contribution in [2.75, 3.05) is 6.61 Å². The number of halogens is 1. The van der Waals surface area contributed by atoms with E-state index in [1.165, 1.54) is 0 Å².